The van der Waals surface area contributed by atoms with Crippen LogP contribution in [0.15, 0.2) is 24.3 Å². The van der Waals surface area contributed by atoms with Gasteiger partial charge >= 0.3 is 0 Å². The van der Waals surface area contributed by atoms with E-state index < -0.39 is 0 Å². The van der Waals surface area contributed by atoms with Crippen LogP contribution in [0.4, 0.5) is 5.69 Å². The fourth-order valence-corrected chi connectivity index (χ4v) is 1.84. The monoisotopic (exact) mass is 218 g/mol. The standard InChI is InChI=1S/C14H22N2/c1-13(2,10-16-14(3)8-9-14)11-4-6-12(15)7-5-11/h4-7,16H,8-10,15H2,1-3H3. The van der Waals surface area contributed by atoms with Gasteiger partial charge in [0, 0.05) is 23.2 Å². The van der Waals surface area contributed by atoms with Gasteiger partial charge in [0.15, 0.2) is 0 Å². The van der Waals surface area contributed by atoms with E-state index >= 15 is 0 Å². The second-order valence-corrected chi connectivity index (χ2v) is 5.92. The van der Waals surface area contributed by atoms with Crippen LogP contribution in [0.5, 0.6) is 0 Å². The first kappa shape index (κ1) is 11.5. The van der Waals surface area contributed by atoms with E-state index in [9.17, 15) is 0 Å². The minimum Gasteiger partial charge on any atom is -0.399 e. The predicted molar refractivity (Wildman–Crippen MR) is 69.5 cm³/mol. The molecule has 88 valence electrons. The van der Waals surface area contributed by atoms with E-state index in [2.05, 4.69) is 38.2 Å². The molecule has 0 spiro atoms. The molecule has 0 radical (unpaired) electrons. The van der Waals surface area contributed by atoms with Crippen molar-refractivity contribution < 1.29 is 0 Å². The van der Waals surface area contributed by atoms with Gasteiger partial charge in [0.2, 0.25) is 0 Å². The summed E-state index contributed by atoms with van der Waals surface area (Å²) in [5.41, 5.74) is 8.46. The third-order valence-corrected chi connectivity index (χ3v) is 3.65. The van der Waals surface area contributed by atoms with Crippen LogP contribution in [0.1, 0.15) is 39.2 Å². The Labute approximate surface area is 98.2 Å². The van der Waals surface area contributed by atoms with Crippen molar-refractivity contribution in [3.8, 4) is 0 Å². The SMILES string of the molecule is CC1(NCC(C)(C)c2ccc(N)cc2)CC1. The quantitative estimate of drug-likeness (QED) is 0.763. The van der Waals surface area contributed by atoms with Crippen LogP contribution >= 0.6 is 0 Å². The van der Waals surface area contributed by atoms with Crippen molar-refractivity contribution in [2.24, 2.45) is 0 Å². The van der Waals surface area contributed by atoms with E-state index in [0.29, 0.717) is 5.54 Å². The second-order valence-electron chi connectivity index (χ2n) is 5.92. The normalized spacial score (nSPS) is 18.4. The molecule has 0 atom stereocenters. The molecule has 0 amide bonds. The van der Waals surface area contributed by atoms with E-state index in [1.807, 2.05) is 12.1 Å². The summed E-state index contributed by atoms with van der Waals surface area (Å²) in [7, 11) is 0. The molecular weight excluding hydrogens is 196 g/mol. The minimum absolute atomic E-state index is 0.166. The van der Waals surface area contributed by atoms with E-state index in [-0.39, 0.29) is 5.41 Å². The fraction of sp³-hybridized carbons (Fsp3) is 0.571. The molecule has 2 heteroatoms. The smallest absolute Gasteiger partial charge is 0.0314 e. The lowest BCUT2D eigenvalue weighted by Crippen LogP contribution is -2.39. The molecule has 0 aliphatic heterocycles. The molecule has 1 aliphatic rings. The number of nitrogens with one attached hydrogen (secondary N) is 1. The lowest BCUT2D eigenvalue weighted by atomic mass is 9.84. The van der Waals surface area contributed by atoms with Crippen LogP contribution < -0.4 is 11.1 Å². The summed E-state index contributed by atoms with van der Waals surface area (Å²) in [5, 5.41) is 3.66. The first-order chi connectivity index (χ1) is 7.41. The zero-order valence-corrected chi connectivity index (χ0v) is 10.5. The average Bonchev–Trinajstić information content (AvgIpc) is 2.96. The molecule has 0 heterocycles. The highest BCUT2D eigenvalue weighted by atomic mass is 15.0. The van der Waals surface area contributed by atoms with Gasteiger partial charge in [0.05, 0.1) is 0 Å². The molecule has 1 aliphatic carbocycles. The first-order valence-electron chi connectivity index (χ1n) is 6.02. The van der Waals surface area contributed by atoms with Crippen molar-refractivity contribution in [1.29, 1.82) is 0 Å². The molecule has 1 aromatic carbocycles. The van der Waals surface area contributed by atoms with Crippen LogP contribution in [-0.2, 0) is 5.41 Å². The predicted octanol–water partition coefficient (Wildman–Crippen LogP) is 2.69. The van der Waals surface area contributed by atoms with E-state index in [1.54, 1.807) is 0 Å². The number of nitrogens with two attached hydrogens (primary N) is 1. The number of rotatable bonds is 4. The Hall–Kier alpha value is -1.02. The Morgan fingerprint density at radius 3 is 2.31 bits per heavy atom. The molecule has 0 aromatic heterocycles. The van der Waals surface area contributed by atoms with Crippen LogP contribution in [0.3, 0.4) is 0 Å². The van der Waals surface area contributed by atoms with Gasteiger partial charge in [-0.1, -0.05) is 26.0 Å². The second kappa shape index (κ2) is 3.77. The van der Waals surface area contributed by atoms with Crippen LogP contribution in [0.2, 0.25) is 0 Å². The zero-order chi connectivity index (χ0) is 11.8. The Balaban J connectivity index is 2.02. The van der Waals surface area contributed by atoms with Gasteiger partial charge < -0.3 is 11.1 Å². The maximum Gasteiger partial charge on any atom is 0.0314 e. The van der Waals surface area contributed by atoms with Gasteiger partial charge in [-0.3, -0.25) is 0 Å². The summed E-state index contributed by atoms with van der Waals surface area (Å²) >= 11 is 0. The largest absolute Gasteiger partial charge is 0.399 e. The molecule has 2 rings (SSSR count). The Morgan fingerprint density at radius 2 is 1.81 bits per heavy atom. The summed E-state index contributed by atoms with van der Waals surface area (Å²) in [6, 6.07) is 8.23. The summed E-state index contributed by atoms with van der Waals surface area (Å²) in [6.45, 7) is 7.87. The van der Waals surface area contributed by atoms with Crippen molar-refractivity contribution in [1.82, 2.24) is 5.32 Å². The summed E-state index contributed by atoms with van der Waals surface area (Å²) < 4.78 is 0. The van der Waals surface area contributed by atoms with Crippen molar-refractivity contribution in [3.05, 3.63) is 29.8 Å². The van der Waals surface area contributed by atoms with Crippen molar-refractivity contribution in [2.75, 3.05) is 12.3 Å². The molecule has 1 saturated carbocycles. The van der Waals surface area contributed by atoms with Gasteiger partial charge in [-0.15, -0.1) is 0 Å². The van der Waals surface area contributed by atoms with Gasteiger partial charge in [-0.05, 0) is 37.5 Å². The van der Waals surface area contributed by atoms with E-state index in [1.165, 1.54) is 18.4 Å². The minimum atomic E-state index is 0.166. The van der Waals surface area contributed by atoms with Crippen molar-refractivity contribution in [3.63, 3.8) is 0 Å². The topological polar surface area (TPSA) is 38.0 Å². The van der Waals surface area contributed by atoms with Gasteiger partial charge in [-0.25, -0.2) is 0 Å². The zero-order valence-electron chi connectivity index (χ0n) is 10.5. The highest BCUT2D eigenvalue weighted by Gasteiger charge is 2.38. The molecule has 1 fully saturated rings. The number of nitrogen functional groups attached to an aromatic ring is 1. The number of hydrogen-bond acceptors (Lipinski definition) is 2. The van der Waals surface area contributed by atoms with Gasteiger partial charge in [-0.2, -0.15) is 0 Å². The Kier molecular flexibility index (Phi) is 2.70. The number of benzene rings is 1. The van der Waals surface area contributed by atoms with Crippen LogP contribution in [0.25, 0.3) is 0 Å². The molecule has 16 heavy (non-hydrogen) atoms. The van der Waals surface area contributed by atoms with Crippen LogP contribution in [-0.4, -0.2) is 12.1 Å². The lowest BCUT2D eigenvalue weighted by molar-refractivity contribution is 0.420. The van der Waals surface area contributed by atoms with Gasteiger partial charge in [0.1, 0.15) is 0 Å². The molecule has 0 unspecified atom stereocenters. The van der Waals surface area contributed by atoms with Crippen molar-refractivity contribution >= 4 is 5.69 Å². The Bertz CT molecular complexity index is 361. The third-order valence-electron chi connectivity index (χ3n) is 3.65. The highest BCUT2D eigenvalue weighted by Crippen LogP contribution is 2.35. The number of anilines is 1. The lowest BCUT2D eigenvalue weighted by Gasteiger charge is -2.28. The maximum atomic E-state index is 5.71. The van der Waals surface area contributed by atoms with Crippen LogP contribution in [0, 0.1) is 0 Å². The summed E-state index contributed by atoms with van der Waals surface area (Å²) in [6.07, 6.45) is 2.62. The first-order valence-corrected chi connectivity index (χ1v) is 6.02. The fourth-order valence-electron chi connectivity index (χ4n) is 1.84. The van der Waals surface area contributed by atoms with E-state index in [4.69, 9.17) is 5.73 Å². The number of hydrogen-bond donors (Lipinski definition) is 2. The highest BCUT2D eigenvalue weighted by molar-refractivity contribution is 5.41. The Morgan fingerprint density at radius 1 is 1.25 bits per heavy atom. The molecule has 1 aromatic rings. The molecule has 0 saturated heterocycles. The maximum absolute atomic E-state index is 5.71. The average molecular weight is 218 g/mol. The molecular formula is C14H22N2. The summed E-state index contributed by atoms with van der Waals surface area (Å²) in [5.74, 6) is 0. The molecule has 3 N–H and O–H groups in total. The van der Waals surface area contributed by atoms with E-state index in [0.717, 1.165) is 12.2 Å². The molecule has 0 bridgehead atoms. The molecule has 2 nitrogen and oxygen atoms in total. The van der Waals surface area contributed by atoms with Gasteiger partial charge in [0.25, 0.3) is 0 Å². The third kappa shape index (κ3) is 2.56. The van der Waals surface area contributed by atoms with Crippen molar-refractivity contribution in [2.45, 2.75) is 44.6 Å². The summed E-state index contributed by atoms with van der Waals surface area (Å²) in [4.78, 5) is 0.